The normalized spacial score (nSPS) is 14.1. The maximum Gasteiger partial charge on any atom is 0.256 e. The molecule has 5 rings (SSSR count). The van der Waals surface area contributed by atoms with Crippen LogP contribution < -0.4 is 10.1 Å². The highest BCUT2D eigenvalue weighted by molar-refractivity contribution is 7.13. The summed E-state index contributed by atoms with van der Waals surface area (Å²) in [6.45, 7) is 0. The summed E-state index contributed by atoms with van der Waals surface area (Å²) in [5.74, 6) is 0.753. The van der Waals surface area contributed by atoms with Crippen LogP contribution in [0.5, 0.6) is 5.75 Å². The fourth-order valence-electron chi connectivity index (χ4n) is 3.54. The second-order valence-electron chi connectivity index (χ2n) is 6.69. The minimum Gasteiger partial charge on any atom is -0.496 e. The first-order valence-electron chi connectivity index (χ1n) is 9.16. The summed E-state index contributed by atoms with van der Waals surface area (Å²) in [5.41, 5.74) is 5.59. The van der Waals surface area contributed by atoms with Crippen LogP contribution in [0.15, 0.2) is 71.4 Å². The first kappa shape index (κ1) is 17.9. The Kier molecular flexibility index (Phi) is 4.54. The third-order valence-corrected chi connectivity index (χ3v) is 6.75. The minimum atomic E-state index is -0.0724. The fourth-order valence-corrected chi connectivity index (χ4v) is 5.01. The molecule has 4 aromatic rings. The summed E-state index contributed by atoms with van der Waals surface area (Å²) in [4.78, 5) is 15.0. The zero-order valence-electron chi connectivity index (χ0n) is 15.6. The molecule has 2 aromatic carbocycles. The Bertz CT molecular complexity index is 1220. The lowest BCUT2D eigenvalue weighted by Gasteiger charge is -2.08. The van der Waals surface area contributed by atoms with E-state index in [2.05, 4.69) is 35.0 Å². The molecular weight excluding hydrogens is 398 g/mol. The summed E-state index contributed by atoms with van der Waals surface area (Å²) >= 11 is 3.36. The molecule has 0 saturated carbocycles. The number of methoxy groups -OCH3 is 1. The van der Waals surface area contributed by atoms with Gasteiger partial charge in [-0.2, -0.15) is 0 Å². The van der Waals surface area contributed by atoms with Crippen LogP contribution in [-0.4, -0.2) is 13.0 Å². The SMILES string of the molecule is COc1ccc(C=C2C(=O)Nc3cc(-c4cccs4)ccc32)cc1-c1cccs1. The highest BCUT2D eigenvalue weighted by Crippen LogP contribution is 2.39. The van der Waals surface area contributed by atoms with Crippen molar-refractivity contribution in [3.63, 3.8) is 0 Å². The van der Waals surface area contributed by atoms with Gasteiger partial charge in [0.25, 0.3) is 5.91 Å². The van der Waals surface area contributed by atoms with E-state index in [-0.39, 0.29) is 5.91 Å². The molecule has 0 spiro atoms. The molecule has 0 radical (unpaired) electrons. The smallest absolute Gasteiger partial charge is 0.256 e. The number of nitrogens with one attached hydrogen (secondary N) is 1. The van der Waals surface area contributed by atoms with Crippen molar-refractivity contribution in [2.24, 2.45) is 0 Å². The monoisotopic (exact) mass is 415 g/mol. The van der Waals surface area contributed by atoms with Crippen molar-refractivity contribution in [1.82, 2.24) is 0 Å². The molecule has 0 atom stereocenters. The maximum atomic E-state index is 12.7. The van der Waals surface area contributed by atoms with Crippen LogP contribution in [0.1, 0.15) is 11.1 Å². The van der Waals surface area contributed by atoms with Gasteiger partial charge in [-0.25, -0.2) is 0 Å². The number of thiophene rings is 2. The van der Waals surface area contributed by atoms with Crippen molar-refractivity contribution in [3.8, 4) is 26.6 Å². The molecule has 2 aromatic heterocycles. The molecule has 1 N–H and O–H groups in total. The van der Waals surface area contributed by atoms with E-state index >= 15 is 0 Å². The van der Waals surface area contributed by atoms with Crippen LogP contribution >= 0.6 is 22.7 Å². The van der Waals surface area contributed by atoms with E-state index in [1.165, 1.54) is 4.88 Å². The van der Waals surface area contributed by atoms with Crippen molar-refractivity contribution in [2.75, 3.05) is 12.4 Å². The van der Waals surface area contributed by atoms with Gasteiger partial charge in [-0.3, -0.25) is 4.79 Å². The van der Waals surface area contributed by atoms with Gasteiger partial charge in [0, 0.05) is 32.1 Å². The lowest BCUT2D eigenvalue weighted by molar-refractivity contribution is -0.110. The molecular formula is C24H17NO2S2. The van der Waals surface area contributed by atoms with E-state index < -0.39 is 0 Å². The van der Waals surface area contributed by atoms with Crippen molar-refractivity contribution < 1.29 is 9.53 Å². The lowest BCUT2D eigenvalue weighted by atomic mass is 10.0. The number of fused-ring (bicyclic) bond motifs is 1. The molecule has 0 fully saturated rings. The van der Waals surface area contributed by atoms with Gasteiger partial charge < -0.3 is 10.1 Å². The first-order valence-corrected chi connectivity index (χ1v) is 10.9. The Morgan fingerprint density at radius 3 is 2.41 bits per heavy atom. The van der Waals surface area contributed by atoms with Crippen LogP contribution in [0.4, 0.5) is 5.69 Å². The van der Waals surface area contributed by atoms with Crippen molar-refractivity contribution in [1.29, 1.82) is 0 Å². The average molecular weight is 416 g/mol. The van der Waals surface area contributed by atoms with Gasteiger partial charge in [0.1, 0.15) is 5.75 Å². The molecule has 1 aliphatic heterocycles. The molecule has 5 heteroatoms. The molecule has 0 saturated heterocycles. The second kappa shape index (κ2) is 7.35. The molecule has 0 bridgehead atoms. The summed E-state index contributed by atoms with van der Waals surface area (Å²) in [5, 5.41) is 7.11. The van der Waals surface area contributed by atoms with Crippen LogP contribution in [0.2, 0.25) is 0 Å². The number of ether oxygens (including phenoxy) is 1. The Balaban J connectivity index is 1.55. The van der Waals surface area contributed by atoms with Gasteiger partial charge in [-0.15, -0.1) is 22.7 Å². The van der Waals surface area contributed by atoms with E-state index in [4.69, 9.17) is 4.74 Å². The molecule has 3 heterocycles. The summed E-state index contributed by atoms with van der Waals surface area (Å²) in [7, 11) is 1.68. The van der Waals surface area contributed by atoms with Crippen LogP contribution in [0.25, 0.3) is 32.5 Å². The van der Waals surface area contributed by atoms with E-state index in [1.807, 2.05) is 47.9 Å². The molecule has 29 heavy (non-hydrogen) atoms. The summed E-state index contributed by atoms with van der Waals surface area (Å²) in [6, 6.07) is 20.4. The number of rotatable bonds is 4. The van der Waals surface area contributed by atoms with E-state index in [9.17, 15) is 4.79 Å². The molecule has 1 amide bonds. The van der Waals surface area contributed by atoms with Gasteiger partial charge in [0.15, 0.2) is 0 Å². The minimum absolute atomic E-state index is 0.0724. The van der Waals surface area contributed by atoms with Gasteiger partial charge in [0.05, 0.1) is 7.11 Å². The quantitative estimate of drug-likeness (QED) is 0.379. The first-order chi connectivity index (χ1) is 14.2. The highest BCUT2D eigenvalue weighted by Gasteiger charge is 2.24. The highest BCUT2D eigenvalue weighted by atomic mass is 32.1. The molecule has 3 nitrogen and oxygen atoms in total. The van der Waals surface area contributed by atoms with E-state index in [0.29, 0.717) is 5.57 Å². The van der Waals surface area contributed by atoms with Gasteiger partial charge in [-0.1, -0.05) is 30.3 Å². The molecule has 0 unspecified atom stereocenters. The number of amides is 1. The Labute approximate surface area is 176 Å². The number of hydrogen-bond donors (Lipinski definition) is 1. The number of carbonyl (C=O) groups is 1. The van der Waals surface area contributed by atoms with Crippen molar-refractivity contribution >= 4 is 45.9 Å². The predicted octanol–water partition coefficient (Wildman–Crippen LogP) is 6.64. The standard InChI is InChI=1S/C24H17NO2S2/c1-27-21-9-6-15(13-19(21)23-5-3-11-29-23)12-18-17-8-7-16(22-4-2-10-28-22)14-20(17)25-24(18)26/h2-14H,1H3,(H,25,26). The Morgan fingerprint density at radius 2 is 1.69 bits per heavy atom. The fraction of sp³-hybridized carbons (Fsp3) is 0.0417. The number of carbonyl (C=O) groups excluding carboxylic acids is 1. The predicted molar refractivity (Wildman–Crippen MR) is 123 cm³/mol. The summed E-state index contributed by atoms with van der Waals surface area (Å²) in [6.07, 6.45) is 1.95. The molecule has 0 aliphatic carbocycles. The zero-order chi connectivity index (χ0) is 19.8. The number of benzene rings is 2. The van der Waals surface area contributed by atoms with Crippen molar-refractivity contribution in [2.45, 2.75) is 0 Å². The van der Waals surface area contributed by atoms with Crippen LogP contribution in [0.3, 0.4) is 0 Å². The van der Waals surface area contributed by atoms with Crippen LogP contribution in [0, 0.1) is 0 Å². The lowest BCUT2D eigenvalue weighted by Crippen LogP contribution is -2.03. The van der Waals surface area contributed by atoms with Crippen LogP contribution in [-0.2, 0) is 4.79 Å². The Hall–Kier alpha value is -3.15. The number of hydrogen-bond acceptors (Lipinski definition) is 4. The van der Waals surface area contributed by atoms with Crippen molar-refractivity contribution in [3.05, 3.63) is 82.6 Å². The topological polar surface area (TPSA) is 38.3 Å². The van der Waals surface area contributed by atoms with Gasteiger partial charge >= 0.3 is 0 Å². The third-order valence-electron chi connectivity index (χ3n) is 4.93. The Morgan fingerprint density at radius 1 is 0.897 bits per heavy atom. The zero-order valence-corrected chi connectivity index (χ0v) is 17.3. The van der Waals surface area contributed by atoms with E-state index in [1.54, 1.807) is 29.8 Å². The average Bonchev–Trinajstić information content (AvgIpc) is 3.50. The second-order valence-corrected chi connectivity index (χ2v) is 8.58. The van der Waals surface area contributed by atoms with Gasteiger partial charge in [-0.05, 0) is 58.3 Å². The molecule has 1 aliphatic rings. The van der Waals surface area contributed by atoms with E-state index in [0.717, 1.165) is 38.6 Å². The third kappa shape index (κ3) is 3.28. The molecule has 142 valence electrons. The summed E-state index contributed by atoms with van der Waals surface area (Å²) < 4.78 is 5.53. The largest absolute Gasteiger partial charge is 0.496 e. The maximum absolute atomic E-state index is 12.7. The number of anilines is 1. The van der Waals surface area contributed by atoms with Gasteiger partial charge in [0.2, 0.25) is 0 Å².